The van der Waals surface area contributed by atoms with E-state index in [4.69, 9.17) is 14.6 Å². The molecule has 0 fully saturated rings. The Labute approximate surface area is 182 Å². The first-order valence-corrected chi connectivity index (χ1v) is 12.2. The molecule has 6 nitrogen and oxygen atoms in total. The van der Waals surface area contributed by atoms with Crippen LogP contribution in [-0.2, 0) is 14.3 Å². The molecule has 2 atom stereocenters. The van der Waals surface area contributed by atoms with Gasteiger partial charge in [0.25, 0.3) is 0 Å². The lowest BCUT2D eigenvalue weighted by Gasteiger charge is -2.13. The van der Waals surface area contributed by atoms with Crippen LogP contribution in [0.15, 0.2) is 11.5 Å². The second-order valence-electron chi connectivity index (χ2n) is 8.44. The van der Waals surface area contributed by atoms with Gasteiger partial charge in [-0.05, 0) is 6.42 Å². The van der Waals surface area contributed by atoms with Crippen molar-refractivity contribution in [1.29, 1.82) is 0 Å². The summed E-state index contributed by atoms with van der Waals surface area (Å²) in [5.74, 6) is -1.46. The fourth-order valence-corrected chi connectivity index (χ4v) is 3.77. The summed E-state index contributed by atoms with van der Waals surface area (Å²) in [5, 5.41) is 28.3. The van der Waals surface area contributed by atoms with Gasteiger partial charge in [0.15, 0.2) is 11.9 Å². The molecule has 0 radical (unpaired) electrons. The average molecular weight is 429 g/mol. The van der Waals surface area contributed by atoms with Crippen LogP contribution in [0, 0.1) is 0 Å². The van der Waals surface area contributed by atoms with Gasteiger partial charge in [-0.3, -0.25) is 0 Å². The Morgan fingerprint density at radius 1 is 0.833 bits per heavy atom. The van der Waals surface area contributed by atoms with Crippen molar-refractivity contribution >= 4 is 5.97 Å². The Hall–Kier alpha value is -1.27. The number of carbonyl (C=O) groups is 1. The molecule has 3 N–H and O–H groups in total. The van der Waals surface area contributed by atoms with Crippen molar-refractivity contribution in [2.45, 2.75) is 122 Å². The Bertz CT molecular complexity index is 476. The van der Waals surface area contributed by atoms with Crippen LogP contribution in [-0.4, -0.2) is 46.7 Å². The molecular formula is C24H44O6. The van der Waals surface area contributed by atoms with E-state index in [0.717, 1.165) is 19.3 Å². The summed E-state index contributed by atoms with van der Waals surface area (Å²) in [4.78, 5) is 11.7. The van der Waals surface area contributed by atoms with Gasteiger partial charge in [0.2, 0.25) is 5.76 Å². The van der Waals surface area contributed by atoms with Gasteiger partial charge < -0.3 is 24.8 Å². The maximum absolute atomic E-state index is 11.7. The molecule has 6 heteroatoms. The third-order valence-electron chi connectivity index (χ3n) is 5.70. The zero-order valence-corrected chi connectivity index (χ0v) is 18.9. The van der Waals surface area contributed by atoms with Crippen molar-refractivity contribution in [2.75, 3.05) is 13.2 Å². The molecule has 1 aliphatic rings. The molecule has 30 heavy (non-hydrogen) atoms. The Balaban J connectivity index is 1.89. The van der Waals surface area contributed by atoms with Crippen LogP contribution in [0.25, 0.3) is 0 Å². The summed E-state index contributed by atoms with van der Waals surface area (Å²) >= 11 is 0. The summed E-state index contributed by atoms with van der Waals surface area (Å²) in [6.45, 7) is 1.99. The van der Waals surface area contributed by atoms with Crippen molar-refractivity contribution < 1.29 is 29.6 Å². The number of aliphatic hydroxyl groups excluding tert-OH is 3. The molecule has 176 valence electrons. The quantitative estimate of drug-likeness (QED) is 0.180. The Morgan fingerprint density at radius 2 is 1.27 bits per heavy atom. The highest BCUT2D eigenvalue weighted by Gasteiger charge is 2.40. The highest BCUT2D eigenvalue weighted by Crippen LogP contribution is 2.24. The first kappa shape index (κ1) is 26.8. The van der Waals surface area contributed by atoms with Crippen molar-refractivity contribution in [3.8, 4) is 0 Å². The molecule has 0 aromatic carbocycles. The van der Waals surface area contributed by atoms with Crippen molar-refractivity contribution in [1.82, 2.24) is 0 Å². The van der Waals surface area contributed by atoms with Gasteiger partial charge in [-0.15, -0.1) is 0 Å². The van der Waals surface area contributed by atoms with Gasteiger partial charge in [-0.25, -0.2) is 4.79 Å². The van der Waals surface area contributed by atoms with E-state index in [1.807, 2.05) is 0 Å². The summed E-state index contributed by atoms with van der Waals surface area (Å²) in [6.07, 6.45) is 18.0. The van der Waals surface area contributed by atoms with E-state index >= 15 is 0 Å². The number of carbonyl (C=O) groups excluding carboxylic acids is 1. The predicted octanol–water partition coefficient (Wildman–Crippen LogP) is 5.31. The molecule has 1 rings (SSSR count). The number of rotatable bonds is 20. The highest BCUT2D eigenvalue weighted by atomic mass is 16.6. The topological polar surface area (TPSA) is 96.2 Å². The van der Waals surface area contributed by atoms with Gasteiger partial charge in [-0.1, -0.05) is 103 Å². The standard InChI is InChI=1S/C24H44O6/c1-2-3-4-5-6-7-8-9-10-11-12-13-14-15-16-17-18-29-23-21(27)22(20(26)19-25)30-24(23)28/h20,22,25-27H,2-19H2,1H3/t20-,22-/m1/s1. The molecule has 1 aliphatic heterocycles. The smallest absolute Gasteiger partial charge is 0.378 e. The van der Waals surface area contributed by atoms with Crippen molar-refractivity contribution in [3.63, 3.8) is 0 Å². The summed E-state index contributed by atoms with van der Waals surface area (Å²) in [7, 11) is 0. The molecule has 0 saturated carbocycles. The van der Waals surface area contributed by atoms with E-state index in [-0.39, 0.29) is 5.76 Å². The predicted molar refractivity (Wildman–Crippen MR) is 118 cm³/mol. The first-order valence-electron chi connectivity index (χ1n) is 12.2. The molecule has 0 aliphatic carbocycles. The molecule has 0 bridgehead atoms. The van der Waals surface area contributed by atoms with E-state index in [2.05, 4.69) is 6.92 Å². The van der Waals surface area contributed by atoms with Crippen LogP contribution in [0.1, 0.15) is 110 Å². The molecule has 0 spiro atoms. The average Bonchev–Trinajstić information content (AvgIpc) is 3.03. The summed E-state index contributed by atoms with van der Waals surface area (Å²) in [6, 6.07) is 0. The fourth-order valence-electron chi connectivity index (χ4n) is 3.77. The van der Waals surface area contributed by atoms with E-state index in [1.54, 1.807) is 0 Å². The molecule has 0 amide bonds. The number of cyclic esters (lactones) is 1. The zero-order chi connectivity index (χ0) is 22.0. The van der Waals surface area contributed by atoms with E-state index < -0.39 is 30.5 Å². The van der Waals surface area contributed by atoms with Crippen LogP contribution >= 0.6 is 0 Å². The lowest BCUT2D eigenvalue weighted by molar-refractivity contribution is -0.148. The van der Waals surface area contributed by atoms with Gasteiger partial charge in [0.1, 0.15) is 6.10 Å². The van der Waals surface area contributed by atoms with Crippen LogP contribution in [0.2, 0.25) is 0 Å². The molecule has 0 aromatic rings. The van der Waals surface area contributed by atoms with Gasteiger partial charge >= 0.3 is 5.97 Å². The largest absolute Gasteiger partial charge is 0.505 e. The number of hydrogen-bond donors (Lipinski definition) is 3. The molecular weight excluding hydrogens is 384 g/mol. The minimum absolute atomic E-state index is 0.242. The van der Waals surface area contributed by atoms with Crippen LogP contribution in [0.5, 0.6) is 0 Å². The van der Waals surface area contributed by atoms with Crippen LogP contribution in [0.4, 0.5) is 0 Å². The minimum atomic E-state index is -1.34. The lowest BCUT2D eigenvalue weighted by Crippen LogP contribution is -2.31. The van der Waals surface area contributed by atoms with Crippen molar-refractivity contribution in [3.05, 3.63) is 11.5 Å². The molecule has 0 unspecified atom stereocenters. The second-order valence-corrected chi connectivity index (χ2v) is 8.44. The van der Waals surface area contributed by atoms with E-state index in [0.29, 0.717) is 6.61 Å². The Kier molecular flexibility index (Phi) is 15.5. The first-order chi connectivity index (χ1) is 14.6. The SMILES string of the molecule is CCCCCCCCCCCCCCCCCCOC1=C(O)[C@@H]([C@H](O)CO)OC1=O. The number of ether oxygens (including phenoxy) is 2. The molecule has 0 aromatic heterocycles. The highest BCUT2D eigenvalue weighted by molar-refractivity contribution is 5.89. The van der Waals surface area contributed by atoms with Crippen LogP contribution < -0.4 is 0 Å². The zero-order valence-electron chi connectivity index (χ0n) is 18.9. The second kappa shape index (κ2) is 17.4. The third-order valence-corrected chi connectivity index (χ3v) is 5.70. The van der Waals surface area contributed by atoms with Crippen LogP contribution in [0.3, 0.4) is 0 Å². The normalized spacial score (nSPS) is 17.4. The van der Waals surface area contributed by atoms with Gasteiger partial charge in [-0.2, -0.15) is 0 Å². The number of aliphatic hydroxyl groups is 3. The van der Waals surface area contributed by atoms with Crippen molar-refractivity contribution in [2.24, 2.45) is 0 Å². The monoisotopic (exact) mass is 428 g/mol. The Morgan fingerprint density at radius 3 is 1.70 bits per heavy atom. The maximum Gasteiger partial charge on any atom is 0.378 e. The van der Waals surface area contributed by atoms with E-state index in [9.17, 15) is 15.0 Å². The number of hydrogen-bond acceptors (Lipinski definition) is 6. The fraction of sp³-hybridized carbons (Fsp3) is 0.875. The summed E-state index contributed by atoms with van der Waals surface area (Å²) in [5.41, 5.74) is 0. The minimum Gasteiger partial charge on any atom is -0.505 e. The van der Waals surface area contributed by atoms with E-state index in [1.165, 1.54) is 83.5 Å². The van der Waals surface area contributed by atoms with Gasteiger partial charge in [0.05, 0.1) is 13.2 Å². The molecule has 0 saturated heterocycles. The molecule has 1 heterocycles. The third kappa shape index (κ3) is 11.2. The number of unbranched alkanes of at least 4 members (excludes halogenated alkanes) is 15. The maximum atomic E-state index is 11.7. The van der Waals surface area contributed by atoms with Gasteiger partial charge in [0, 0.05) is 0 Å². The summed E-state index contributed by atoms with van der Waals surface area (Å²) < 4.78 is 10.2. The number of esters is 1. The lowest BCUT2D eigenvalue weighted by atomic mass is 10.0.